The minimum Gasteiger partial charge on any atom is -0.480 e. The maximum atomic E-state index is 12.2. The Balaban J connectivity index is 2.41. The Morgan fingerprint density at radius 3 is 2.29 bits per heavy atom. The second kappa shape index (κ2) is 5.35. The number of rotatable bonds is 6. The average Bonchev–Trinajstić information content (AvgIpc) is 2.95. The van der Waals surface area contributed by atoms with E-state index in [0.29, 0.717) is 17.7 Å². The van der Waals surface area contributed by atoms with E-state index in [1.807, 2.05) is 0 Å². The lowest BCUT2D eigenvalue weighted by atomic mass is 10.4. The summed E-state index contributed by atoms with van der Waals surface area (Å²) in [6.07, 6.45) is -3.37. The number of nitrogens with zero attached hydrogens (tertiary/aromatic N) is 1. The van der Waals surface area contributed by atoms with Gasteiger partial charge in [0.2, 0.25) is 5.91 Å². The molecule has 0 spiro atoms. The Bertz CT molecular complexity index is 301. The average molecular weight is 255 g/mol. The number of ether oxygens (including phenoxy) is 1. The SMILES string of the molecule is O=C(O)COCC(=O)N(CC(F)(F)F)C1CC1. The number of carbonyl (C=O) groups is 2. The van der Waals surface area contributed by atoms with Crippen LogP contribution in [0.5, 0.6) is 0 Å². The Morgan fingerprint density at radius 1 is 1.29 bits per heavy atom. The van der Waals surface area contributed by atoms with E-state index in [4.69, 9.17) is 5.11 Å². The van der Waals surface area contributed by atoms with Crippen LogP contribution in [0, 0.1) is 0 Å². The number of aliphatic carboxylic acids is 1. The van der Waals surface area contributed by atoms with Gasteiger partial charge in [0.1, 0.15) is 19.8 Å². The summed E-state index contributed by atoms with van der Waals surface area (Å²) in [7, 11) is 0. The zero-order valence-corrected chi connectivity index (χ0v) is 8.87. The van der Waals surface area contributed by atoms with Crippen LogP contribution < -0.4 is 0 Å². The molecule has 0 saturated heterocycles. The van der Waals surface area contributed by atoms with E-state index in [2.05, 4.69) is 4.74 Å². The Hall–Kier alpha value is -1.31. The van der Waals surface area contributed by atoms with Crippen molar-refractivity contribution in [3.8, 4) is 0 Å². The maximum absolute atomic E-state index is 12.2. The van der Waals surface area contributed by atoms with Crippen molar-refractivity contribution >= 4 is 11.9 Å². The van der Waals surface area contributed by atoms with Crippen LogP contribution >= 0.6 is 0 Å². The molecule has 5 nitrogen and oxygen atoms in total. The maximum Gasteiger partial charge on any atom is 0.406 e. The van der Waals surface area contributed by atoms with Gasteiger partial charge < -0.3 is 14.7 Å². The third-order valence-electron chi connectivity index (χ3n) is 2.11. The number of hydrogen-bond acceptors (Lipinski definition) is 3. The van der Waals surface area contributed by atoms with E-state index in [1.165, 1.54) is 0 Å². The molecule has 0 aromatic rings. The molecule has 1 aliphatic rings. The van der Waals surface area contributed by atoms with Gasteiger partial charge in [-0.25, -0.2) is 4.79 Å². The second-order valence-electron chi connectivity index (χ2n) is 3.75. The van der Waals surface area contributed by atoms with E-state index in [-0.39, 0.29) is 0 Å². The van der Waals surface area contributed by atoms with Gasteiger partial charge in [0.25, 0.3) is 0 Å². The van der Waals surface area contributed by atoms with Crippen LogP contribution in [0.1, 0.15) is 12.8 Å². The van der Waals surface area contributed by atoms with E-state index in [9.17, 15) is 22.8 Å². The number of carboxylic acid groups (broad SMARTS) is 1. The topological polar surface area (TPSA) is 66.8 Å². The fourth-order valence-corrected chi connectivity index (χ4v) is 1.31. The number of halogens is 3. The quantitative estimate of drug-likeness (QED) is 0.756. The van der Waals surface area contributed by atoms with Gasteiger partial charge in [0, 0.05) is 6.04 Å². The lowest BCUT2D eigenvalue weighted by Gasteiger charge is -2.23. The zero-order valence-electron chi connectivity index (χ0n) is 8.87. The summed E-state index contributed by atoms with van der Waals surface area (Å²) >= 11 is 0. The third kappa shape index (κ3) is 5.53. The van der Waals surface area contributed by atoms with Crippen molar-refractivity contribution in [3.63, 3.8) is 0 Å². The van der Waals surface area contributed by atoms with Crippen molar-refractivity contribution in [1.29, 1.82) is 0 Å². The molecule has 0 bridgehead atoms. The Labute approximate surface area is 95.1 Å². The first kappa shape index (κ1) is 13.8. The highest BCUT2D eigenvalue weighted by molar-refractivity contribution is 5.78. The summed E-state index contributed by atoms with van der Waals surface area (Å²) in [5.74, 6) is -2.10. The molecule has 0 aromatic carbocycles. The van der Waals surface area contributed by atoms with Crippen molar-refractivity contribution in [1.82, 2.24) is 4.90 Å². The molecule has 1 amide bonds. The predicted molar refractivity (Wildman–Crippen MR) is 49.2 cm³/mol. The summed E-state index contributed by atoms with van der Waals surface area (Å²) in [6.45, 7) is -2.65. The van der Waals surface area contributed by atoms with Crippen LogP contribution in [-0.4, -0.2) is 53.9 Å². The first-order valence-corrected chi connectivity index (χ1v) is 4.95. The lowest BCUT2D eigenvalue weighted by molar-refractivity contribution is -0.166. The summed E-state index contributed by atoms with van der Waals surface area (Å²) < 4.78 is 41.0. The highest BCUT2D eigenvalue weighted by Gasteiger charge is 2.40. The zero-order chi connectivity index (χ0) is 13.1. The van der Waals surface area contributed by atoms with Gasteiger partial charge in [-0.1, -0.05) is 0 Å². The molecule has 1 saturated carbocycles. The van der Waals surface area contributed by atoms with Gasteiger partial charge in [0.05, 0.1) is 0 Å². The largest absolute Gasteiger partial charge is 0.480 e. The van der Waals surface area contributed by atoms with Crippen LogP contribution in [-0.2, 0) is 14.3 Å². The van der Waals surface area contributed by atoms with Crippen LogP contribution in [0.25, 0.3) is 0 Å². The summed E-state index contributed by atoms with van der Waals surface area (Å²) in [6, 6.07) is -0.391. The first-order valence-electron chi connectivity index (χ1n) is 4.95. The smallest absolute Gasteiger partial charge is 0.406 e. The van der Waals surface area contributed by atoms with Crippen LogP contribution in [0.4, 0.5) is 13.2 Å². The summed E-state index contributed by atoms with van der Waals surface area (Å²) in [5.41, 5.74) is 0. The number of hydrogen-bond donors (Lipinski definition) is 1. The molecule has 0 aromatic heterocycles. The van der Waals surface area contributed by atoms with Gasteiger partial charge >= 0.3 is 12.1 Å². The fraction of sp³-hybridized carbons (Fsp3) is 0.778. The second-order valence-corrected chi connectivity index (χ2v) is 3.75. The normalized spacial score (nSPS) is 15.7. The molecule has 1 rings (SSSR count). The van der Waals surface area contributed by atoms with Gasteiger partial charge in [0.15, 0.2) is 0 Å². The number of alkyl halides is 3. The van der Waals surface area contributed by atoms with E-state index < -0.39 is 43.9 Å². The highest BCUT2D eigenvalue weighted by atomic mass is 19.4. The monoisotopic (exact) mass is 255 g/mol. The molecular formula is C9H12F3NO4. The molecule has 8 heteroatoms. The number of amides is 1. The van der Waals surface area contributed by atoms with E-state index in [0.717, 1.165) is 0 Å². The van der Waals surface area contributed by atoms with E-state index in [1.54, 1.807) is 0 Å². The standard InChI is InChI=1S/C9H12F3NO4/c10-9(11,12)5-13(6-1-2-6)7(14)3-17-4-8(15)16/h6H,1-5H2,(H,15,16). The number of carboxylic acids is 1. The highest BCUT2D eigenvalue weighted by Crippen LogP contribution is 2.30. The minimum atomic E-state index is -4.45. The molecule has 1 aliphatic carbocycles. The van der Waals surface area contributed by atoms with Crippen molar-refractivity contribution in [2.45, 2.75) is 25.1 Å². The van der Waals surface area contributed by atoms with Crippen LogP contribution in [0.3, 0.4) is 0 Å². The van der Waals surface area contributed by atoms with Gasteiger partial charge in [-0.05, 0) is 12.8 Å². The molecule has 17 heavy (non-hydrogen) atoms. The van der Waals surface area contributed by atoms with Crippen LogP contribution in [0.15, 0.2) is 0 Å². The van der Waals surface area contributed by atoms with Gasteiger partial charge in [-0.3, -0.25) is 4.79 Å². The summed E-state index contributed by atoms with van der Waals surface area (Å²) in [4.78, 5) is 22.2. The molecule has 0 radical (unpaired) electrons. The van der Waals surface area contributed by atoms with Gasteiger partial charge in [-0.2, -0.15) is 13.2 Å². The molecule has 0 heterocycles. The summed E-state index contributed by atoms with van der Waals surface area (Å²) in [5, 5.41) is 8.24. The van der Waals surface area contributed by atoms with Crippen LogP contribution in [0.2, 0.25) is 0 Å². The first-order chi connectivity index (χ1) is 7.79. The molecule has 1 N–H and O–H groups in total. The predicted octanol–water partition coefficient (Wildman–Crippen LogP) is 0.641. The van der Waals surface area contributed by atoms with Crippen molar-refractivity contribution in [2.75, 3.05) is 19.8 Å². The van der Waals surface area contributed by atoms with E-state index >= 15 is 0 Å². The third-order valence-corrected chi connectivity index (χ3v) is 2.11. The fourth-order valence-electron chi connectivity index (χ4n) is 1.31. The molecule has 1 fully saturated rings. The Kier molecular flexibility index (Phi) is 4.33. The molecule has 98 valence electrons. The Morgan fingerprint density at radius 2 is 1.88 bits per heavy atom. The number of carbonyl (C=O) groups excluding carboxylic acids is 1. The molecule has 0 unspecified atom stereocenters. The van der Waals surface area contributed by atoms with Crippen molar-refractivity contribution < 1.29 is 32.6 Å². The molecule has 0 aliphatic heterocycles. The van der Waals surface area contributed by atoms with Crippen molar-refractivity contribution in [3.05, 3.63) is 0 Å². The molecule has 0 atom stereocenters. The molecular weight excluding hydrogens is 243 g/mol. The lowest BCUT2D eigenvalue weighted by Crippen LogP contribution is -2.42. The van der Waals surface area contributed by atoms with Gasteiger partial charge in [-0.15, -0.1) is 0 Å². The van der Waals surface area contributed by atoms with Crippen molar-refractivity contribution in [2.24, 2.45) is 0 Å². The minimum absolute atomic E-state index is 0.391.